The van der Waals surface area contributed by atoms with Crippen LogP contribution in [0.4, 0.5) is 0 Å². The topological polar surface area (TPSA) is 6.48 Å². The van der Waals surface area contributed by atoms with E-state index in [2.05, 4.69) is 58.2 Å². The molecule has 0 aromatic rings. The van der Waals surface area contributed by atoms with Crippen molar-refractivity contribution < 1.29 is 0 Å². The number of hydrogen-bond acceptors (Lipinski definition) is 2. The zero-order valence-corrected chi connectivity index (χ0v) is 15.2. The third kappa shape index (κ3) is 7.09. The van der Waals surface area contributed by atoms with Crippen LogP contribution in [0.2, 0.25) is 0 Å². The van der Waals surface area contributed by atoms with Gasteiger partial charge in [-0.2, -0.15) is 0 Å². The monoisotopic (exact) mass is 378 g/mol. The zero-order valence-electron chi connectivity index (χ0n) is 13.0. The summed E-state index contributed by atoms with van der Waals surface area (Å²) in [6.45, 7) is 16.1. The van der Waals surface area contributed by atoms with Crippen LogP contribution in [0.3, 0.4) is 0 Å². The van der Waals surface area contributed by atoms with Gasteiger partial charge in [-0.25, -0.2) is 3.11 Å². The van der Waals surface area contributed by atoms with E-state index >= 15 is 0 Å². The molecule has 19 heavy (non-hydrogen) atoms. The third-order valence-electron chi connectivity index (χ3n) is 4.13. The second kappa shape index (κ2) is 9.35. The molecule has 0 N–H and O–H groups in total. The van der Waals surface area contributed by atoms with Crippen LogP contribution in [0, 0.1) is 5.92 Å². The fourth-order valence-corrected chi connectivity index (χ4v) is 3.39. The van der Waals surface area contributed by atoms with E-state index in [1.54, 1.807) is 0 Å². The van der Waals surface area contributed by atoms with Gasteiger partial charge < -0.3 is 4.90 Å². The molecule has 0 bridgehead atoms. The van der Waals surface area contributed by atoms with Gasteiger partial charge in [-0.1, -0.05) is 19.1 Å². The van der Waals surface area contributed by atoms with Gasteiger partial charge in [0.25, 0.3) is 0 Å². The van der Waals surface area contributed by atoms with Crippen molar-refractivity contribution in [3.05, 3.63) is 12.2 Å². The highest BCUT2D eigenvalue weighted by atomic mass is 127. The Morgan fingerprint density at radius 2 is 1.95 bits per heavy atom. The number of rotatable bonds is 8. The van der Waals surface area contributed by atoms with E-state index in [1.807, 2.05) is 0 Å². The molecule has 1 rings (SSSR count). The first-order valence-electron chi connectivity index (χ1n) is 7.84. The van der Waals surface area contributed by atoms with E-state index in [0.29, 0.717) is 6.04 Å². The Morgan fingerprint density at radius 1 is 1.32 bits per heavy atom. The van der Waals surface area contributed by atoms with Gasteiger partial charge >= 0.3 is 0 Å². The van der Waals surface area contributed by atoms with Crippen molar-refractivity contribution >= 4 is 22.9 Å². The molecule has 0 amide bonds. The van der Waals surface area contributed by atoms with E-state index in [4.69, 9.17) is 0 Å². The average Bonchev–Trinajstić information content (AvgIpc) is 2.37. The van der Waals surface area contributed by atoms with Gasteiger partial charge in [0.2, 0.25) is 0 Å². The molecule has 0 spiro atoms. The molecule has 1 aliphatic rings. The first-order chi connectivity index (χ1) is 9.02. The fraction of sp³-hybridized carbons (Fsp3) is 0.875. The normalized spacial score (nSPS) is 18.4. The molecular weight excluding hydrogens is 347 g/mol. The largest absolute Gasteiger partial charge is 0.301 e. The highest BCUT2D eigenvalue weighted by molar-refractivity contribution is 14.1. The predicted molar refractivity (Wildman–Crippen MR) is 93.7 cm³/mol. The Morgan fingerprint density at radius 3 is 2.47 bits per heavy atom. The summed E-state index contributed by atoms with van der Waals surface area (Å²) in [5.41, 5.74) is 1.47. The average molecular weight is 378 g/mol. The number of hydrogen-bond donors (Lipinski definition) is 0. The first-order valence-corrected chi connectivity index (χ1v) is 8.80. The molecule has 112 valence electrons. The summed E-state index contributed by atoms with van der Waals surface area (Å²) in [7, 11) is 0. The summed E-state index contributed by atoms with van der Waals surface area (Å²) in [6.07, 6.45) is 6.39. The van der Waals surface area contributed by atoms with E-state index in [9.17, 15) is 0 Å². The van der Waals surface area contributed by atoms with Gasteiger partial charge in [0.15, 0.2) is 0 Å². The predicted octanol–water partition coefficient (Wildman–Crippen LogP) is 4.51. The molecule has 0 aliphatic carbocycles. The second-order valence-corrected chi connectivity index (χ2v) is 7.55. The number of halogens is 1. The van der Waals surface area contributed by atoms with Gasteiger partial charge in [-0.3, -0.25) is 0 Å². The van der Waals surface area contributed by atoms with Crippen LogP contribution in [-0.2, 0) is 0 Å². The Labute approximate surface area is 134 Å². The van der Waals surface area contributed by atoms with E-state index in [-0.39, 0.29) is 0 Å². The zero-order chi connectivity index (χ0) is 14.3. The molecular formula is C16H31IN2. The lowest BCUT2D eigenvalue weighted by Crippen LogP contribution is -2.33. The van der Waals surface area contributed by atoms with Gasteiger partial charge in [-0.15, -0.1) is 0 Å². The van der Waals surface area contributed by atoms with Gasteiger partial charge in [0, 0.05) is 48.5 Å². The highest BCUT2D eigenvalue weighted by Gasteiger charge is 2.18. The molecule has 0 aromatic carbocycles. The van der Waals surface area contributed by atoms with Crippen LogP contribution in [0.15, 0.2) is 12.2 Å². The molecule has 1 saturated heterocycles. The molecule has 0 atom stereocenters. The summed E-state index contributed by atoms with van der Waals surface area (Å²) < 4.78 is 2.42. The van der Waals surface area contributed by atoms with Crippen LogP contribution in [0.25, 0.3) is 0 Å². The molecule has 1 aliphatic heterocycles. The quantitative estimate of drug-likeness (QED) is 0.349. The Hall–Kier alpha value is 0.390. The van der Waals surface area contributed by atoms with Crippen LogP contribution in [-0.4, -0.2) is 40.2 Å². The van der Waals surface area contributed by atoms with Crippen molar-refractivity contribution in [3.63, 3.8) is 0 Å². The second-order valence-electron chi connectivity index (χ2n) is 6.19. The molecule has 0 saturated carbocycles. The van der Waals surface area contributed by atoms with E-state index < -0.39 is 0 Å². The van der Waals surface area contributed by atoms with Crippen LogP contribution in [0.1, 0.15) is 52.9 Å². The minimum Gasteiger partial charge on any atom is -0.301 e. The Kier molecular flexibility index (Phi) is 8.58. The van der Waals surface area contributed by atoms with Crippen LogP contribution in [0.5, 0.6) is 0 Å². The molecule has 0 unspecified atom stereocenters. The van der Waals surface area contributed by atoms with Crippen LogP contribution >= 0.6 is 22.9 Å². The highest BCUT2D eigenvalue weighted by Crippen LogP contribution is 2.26. The minimum absolute atomic E-state index is 0.662. The summed E-state index contributed by atoms with van der Waals surface area (Å²) in [4.78, 5) is 2.58. The smallest absolute Gasteiger partial charge is 0.0201 e. The van der Waals surface area contributed by atoms with E-state index in [1.165, 1.54) is 63.9 Å². The van der Waals surface area contributed by atoms with Crippen molar-refractivity contribution in [1.82, 2.24) is 8.01 Å². The summed E-state index contributed by atoms with van der Waals surface area (Å²) in [5.74, 6) is 0.886. The lowest BCUT2D eigenvalue weighted by Gasteiger charge is -2.29. The van der Waals surface area contributed by atoms with Gasteiger partial charge in [0.05, 0.1) is 0 Å². The third-order valence-corrected chi connectivity index (χ3v) is 5.10. The Balaban J connectivity index is 2.23. The minimum atomic E-state index is 0.662. The maximum absolute atomic E-state index is 4.32. The van der Waals surface area contributed by atoms with Crippen molar-refractivity contribution in [2.45, 2.75) is 58.9 Å². The molecule has 1 heterocycles. The molecule has 2 nitrogen and oxygen atoms in total. The summed E-state index contributed by atoms with van der Waals surface area (Å²) >= 11 is 2.45. The van der Waals surface area contributed by atoms with Crippen molar-refractivity contribution in [3.8, 4) is 0 Å². The standard InChI is InChI=1S/C16H31IN2/c1-5-9-18(14(2)3)10-6-15(4)13-16-7-11-19(17)12-8-16/h14,16H,4-13H2,1-3H3. The lowest BCUT2D eigenvalue weighted by atomic mass is 9.90. The maximum Gasteiger partial charge on any atom is 0.0201 e. The Bertz CT molecular complexity index is 257. The van der Waals surface area contributed by atoms with Crippen molar-refractivity contribution in [1.29, 1.82) is 0 Å². The molecule has 0 radical (unpaired) electrons. The maximum atomic E-state index is 4.32. The number of nitrogens with zero attached hydrogens (tertiary/aromatic N) is 2. The lowest BCUT2D eigenvalue weighted by molar-refractivity contribution is 0.222. The first kappa shape index (κ1) is 17.4. The van der Waals surface area contributed by atoms with E-state index in [0.717, 1.165) is 5.92 Å². The molecule has 1 fully saturated rings. The number of piperidine rings is 1. The molecule has 3 heteroatoms. The fourth-order valence-electron chi connectivity index (χ4n) is 2.83. The van der Waals surface area contributed by atoms with Gasteiger partial charge in [-0.05, 0) is 58.4 Å². The van der Waals surface area contributed by atoms with Crippen molar-refractivity contribution in [2.24, 2.45) is 5.92 Å². The summed E-state index contributed by atoms with van der Waals surface area (Å²) in [5, 5.41) is 0. The van der Waals surface area contributed by atoms with Crippen LogP contribution < -0.4 is 0 Å². The SMILES string of the molecule is C=C(CCN(CCC)C(C)C)CC1CCN(I)CC1. The van der Waals surface area contributed by atoms with Gasteiger partial charge in [0.1, 0.15) is 0 Å². The summed E-state index contributed by atoms with van der Waals surface area (Å²) in [6, 6.07) is 0.662. The molecule has 0 aromatic heterocycles. The van der Waals surface area contributed by atoms with Crippen molar-refractivity contribution in [2.75, 3.05) is 26.2 Å².